The fourth-order valence-electron chi connectivity index (χ4n) is 2.09. The minimum atomic E-state index is -0.290. The van der Waals surface area contributed by atoms with E-state index >= 15 is 0 Å². The maximum absolute atomic E-state index is 11.7. The largest absolute Gasteiger partial charge is 0.484 e. The summed E-state index contributed by atoms with van der Waals surface area (Å²) in [7, 11) is 1.91. The Hall–Kier alpha value is -2.56. The summed E-state index contributed by atoms with van der Waals surface area (Å²) in [6.45, 7) is 4.29. The van der Waals surface area contributed by atoms with Crippen molar-refractivity contribution in [3.05, 3.63) is 53.9 Å². The van der Waals surface area contributed by atoms with Crippen molar-refractivity contribution in [3.63, 3.8) is 0 Å². The van der Waals surface area contributed by atoms with Crippen LogP contribution in [-0.2, 0) is 11.8 Å². The van der Waals surface area contributed by atoms with Crippen molar-refractivity contribution in [2.45, 2.75) is 26.2 Å². The number of amides is 1. The van der Waals surface area contributed by atoms with Gasteiger partial charge in [0.15, 0.2) is 6.61 Å². The van der Waals surface area contributed by atoms with Crippen LogP contribution in [0.3, 0.4) is 0 Å². The standard InChI is InChI=1S/C18H23N3O2/c1-4-14(2)15-7-9-17(10-8-15)23-13-18(22)20-19-12-16-6-5-11-21(16)3/h5-12,14H,4,13H2,1-3H3,(H,20,22)/b19-12-/t14-/m1/s1. The van der Waals surface area contributed by atoms with E-state index in [1.54, 1.807) is 6.21 Å². The number of nitrogens with zero attached hydrogens (tertiary/aromatic N) is 2. The van der Waals surface area contributed by atoms with Crippen LogP contribution in [0.15, 0.2) is 47.7 Å². The van der Waals surface area contributed by atoms with E-state index in [1.807, 2.05) is 54.2 Å². The summed E-state index contributed by atoms with van der Waals surface area (Å²) >= 11 is 0. The zero-order valence-corrected chi connectivity index (χ0v) is 13.8. The van der Waals surface area contributed by atoms with E-state index in [0.29, 0.717) is 11.7 Å². The van der Waals surface area contributed by atoms with Gasteiger partial charge in [0.2, 0.25) is 0 Å². The number of carbonyl (C=O) groups is 1. The van der Waals surface area contributed by atoms with E-state index in [-0.39, 0.29) is 12.5 Å². The first kappa shape index (κ1) is 16.8. The molecule has 23 heavy (non-hydrogen) atoms. The summed E-state index contributed by atoms with van der Waals surface area (Å²) in [6.07, 6.45) is 4.61. The summed E-state index contributed by atoms with van der Waals surface area (Å²) in [4.78, 5) is 11.7. The predicted octanol–water partition coefficient (Wildman–Crippen LogP) is 3.07. The second-order valence-corrected chi connectivity index (χ2v) is 5.50. The van der Waals surface area contributed by atoms with Crippen LogP contribution in [-0.4, -0.2) is 23.3 Å². The molecule has 0 saturated carbocycles. The molecule has 1 amide bonds. The van der Waals surface area contributed by atoms with Gasteiger partial charge >= 0.3 is 0 Å². The van der Waals surface area contributed by atoms with Crippen LogP contribution >= 0.6 is 0 Å². The van der Waals surface area contributed by atoms with Gasteiger partial charge in [-0.1, -0.05) is 26.0 Å². The van der Waals surface area contributed by atoms with Crippen molar-refractivity contribution in [3.8, 4) is 5.75 Å². The molecule has 0 bridgehead atoms. The Bertz CT molecular complexity index is 659. The fraction of sp³-hybridized carbons (Fsp3) is 0.333. The third-order valence-electron chi connectivity index (χ3n) is 3.80. The molecule has 0 unspecified atom stereocenters. The van der Waals surface area contributed by atoms with E-state index in [4.69, 9.17) is 4.74 Å². The van der Waals surface area contributed by atoms with Gasteiger partial charge < -0.3 is 9.30 Å². The summed E-state index contributed by atoms with van der Waals surface area (Å²) in [6, 6.07) is 11.7. The van der Waals surface area contributed by atoms with Crippen molar-refractivity contribution in [2.75, 3.05) is 6.61 Å². The zero-order valence-electron chi connectivity index (χ0n) is 13.8. The Kier molecular flexibility index (Phi) is 5.97. The van der Waals surface area contributed by atoms with E-state index in [1.165, 1.54) is 5.56 Å². The Labute approximate surface area is 137 Å². The fourth-order valence-corrected chi connectivity index (χ4v) is 2.09. The van der Waals surface area contributed by atoms with Crippen molar-refractivity contribution in [1.82, 2.24) is 9.99 Å². The quantitative estimate of drug-likeness (QED) is 0.631. The molecule has 1 aromatic heterocycles. The molecule has 5 heteroatoms. The average Bonchev–Trinajstić information content (AvgIpc) is 2.98. The van der Waals surface area contributed by atoms with Crippen LogP contribution in [0.25, 0.3) is 0 Å². The van der Waals surface area contributed by atoms with Crippen LogP contribution in [0.2, 0.25) is 0 Å². The van der Waals surface area contributed by atoms with Crippen molar-refractivity contribution in [1.29, 1.82) is 0 Å². The molecule has 0 aliphatic carbocycles. The van der Waals surface area contributed by atoms with Gasteiger partial charge in [-0.05, 0) is 42.2 Å². The van der Waals surface area contributed by atoms with Gasteiger partial charge in [0.05, 0.1) is 11.9 Å². The summed E-state index contributed by atoms with van der Waals surface area (Å²) < 4.78 is 7.36. The molecule has 122 valence electrons. The number of hydrazone groups is 1. The SMILES string of the molecule is CC[C@@H](C)c1ccc(OCC(=O)N/N=C\c2cccn2C)cc1. The minimum absolute atomic E-state index is 0.0623. The van der Waals surface area contributed by atoms with Gasteiger partial charge in [-0.25, -0.2) is 5.43 Å². The molecule has 0 aliphatic rings. The second-order valence-electron chi connectivity index (χ2n) is 5.50. The molecule has 0 aliphatic heterocycles. The molecule has 5 nitrogen and oxygen atoms in total. The molecule has 1 atom stereocenters. The molecular formula is C18H23N3O2. The van der Waals surface area contributed by atoms with Gasteiger partial charge in [-0.2, -0.15) is 5.10 Å². The Morgan fingerprint density at radius 2 is 2.09 bits per heavy atom. The van der Waals surface area contributed by atoms with Crippen molar-refractivity contribution in [2.24, 2.45) is 12.1 Å². The number of carbonyl (C=O) groups excluding carboxylic acids is 1. The second kappa shape index (κ2) is 8.17. The molecule has 0 fully saturated rings. The van der Waals surface area contributed by atoms with Crippen LogP contribution in [0, 0.1) is 0 Å². The van der Waals surface area contributed by atoms with Gasteiger partial charge in [0.25, 0.3) is 5.91 Å². The normalized spacial score (nSPS) is 12.3. The monoisotopic (exact) mass is 313 g/mol. The first-order chi connectivity index (χ1) is 11.1. The number of aromatic nitrogens is 1. The third kappa shape index (κ3) is 4.98. The first-order valence-corrected chi connectivity index (χ1v) is 7.76. The van der Waals surface area contributed by atoms with Crippen LogP contribution in [0.5, 0.6) is 5.75 Å². The summed E-state index contributed by atoms with van der Waals surface area (Å²) in [5.74, 6) is 0.916. The molecular weight excluding hydrogens is 290 g/mol. The smallest absolute Gasteiger partial charge is 0.277 e. The Morgan fingerprint density at radius 1 is 1.35 bits per heavy atom. The molecule has 0 saturated heterocycles. The van der Waals surface area contributed by atoms with Gasteiger partial charge in [0.1, 0.15) is 5.75 Å². The van der Waals surface area contributed by atoms with Crippen molar-refractivity contribution < 1.29 is 9.53 Å². The summed E-state index contributed by atoms with van der Waals surface area (Å²) in [5.41, 5.74) is 4.63. The first-order valence-electron chi connectivity index (χ1n) is 7.76. The maximum atomic E-state index is 11.7. The lowest BCUT2D eigenvalue weighted by Crippen LogP contribution is -2.24. The molecule has 2 rings (SSSR count). The van der Waals surface area contributed by atoms with E-state index in [0.717, 1.165) is 12.1 Å². The minimum Gasteiger partial charge on any atom is -0.484 e. The van der Waals surface area contributed by atoms with Crippen LogP contribution in [0.1, 0.15) is 37.4 Å². The predicted molar refractivity (Wildman–Crippen MR) is 91.8 cm³/mol. The number of nitrogens with one attached hydrogen (secondary N) is 1. The lowest BCUT2D eigenvalue weighted by Gasteiger charge is -2.10. The number of benzene rings is 1. The average molecular weight is 313 g/mol. The number of aryl methyl sites for hydroxylation is 1. The number of ether oxygens (including phenoxy) is 1. The summed E-state index contributed by atoms with van der Waals surface area (Å²) in [5, 5.41) is 3.91. The number of hydrogen-bond acceptors (Lipinski definition) is 3. The maximum Gasteiger partial charge on any atom is 0.277 e. The highest BCUT2D eigenvalue weighted by Crippen LogP contribution is 2.21. The lowest BCUT2D eigenvalue weighted by molar-refractivity contribution is -0.123. The number of hydrogen-bond donors (Lipinski definition) is 1. The van der Waals surface area contributed by atoms with Gasteiger partial charge in [-0.3, -0.25) is 4.79 Å². The van der Waals surface area contributed by atoms with E-state index < -0.39 is 0 Å². The molecule has 0 spiro atoms. The van der Waals surface area contributed by atoms with E-state index in [9.17, 15) is 4.79 Å². The molecule has 1 heterocycles. The van der Waals surface area contributed by atoms with Gasteiger partial charge in [0, 0.05) is 13.2 Å². The molecule has 1 N–H and O–H groups in total. The van der Waals surface area contributed by atoms with Crippen LogP contribution in [0.4, 0.5) is 0 Å². The number of rotatable bonds is 7. The van der Waals surface area contributed by atoms with Crippen molar-refractivity contribution >= 4 is 12.1 Å². The Balaban J connectivity index is 1.78. The topological polar surface area (TPSA) is 55.6 Å². The lowest BCUT2D eigenvalue weighted by atomic mass is 9.99. The van der Waals surface area contributed by atoms with Gasteiger partial charge in [-0.15, -0.1) is 0 Å². The molecule has 2 aromatic rings. The highest BCUT2D eigenvalue weighted by molar-refractivity contribution is 5.81. The molecule has 1 aromatic carbocycles. The highest BCUT2D eigenvalue weighted by atomic mass is 16.5. The van der Waals surface area contributed by atoms with Crippen LogP contribution < -0.4 is 10.2 Å². The third-order valence-corrected chi connectivity index (χ3v) is 3.80. The zero-order chi connectivity index (χ0) is 16.7. The Morgan fingerprint density at radius 3 is 2.70 bits per heavy atom. The molecule has 0 radical (unpaired) electrons. The van der Waals surface area contributed by atoms with E-state index in [2.05, 4.69) is 24.4 Å². The highest BCUT2D eigenvalue weighted by Gasteiger charge is 2.04.